The van der Waals surface area contributed by atoms with Gasteiger partial charge in [0.05, 0.1) is 22.3 Å². The molecule has 1 aromatic heterocycles. The van der Waals surface area contributed by atoms with Gasteiger partial charge < -0.3 is 5.32 Å². The van der Waals surface area contributed by atoms with E-state index in [9.17, 15) is 9.18 Å². The number of aromatic nitrogens is 3. The lowest BCUT2D eigenvalue weighted by Crippen LogP contribution is -2.12. The van der Waals surface area contributed by atoms with Crippen LogP contribution >= 0.6 is 11.6 Å². The molecule has 3 aromatic rings. The van der Waals surface area contributed by atoms with E-state index in [-0.39, 0.29) is 10.9 Å². The van der Waals surface area contributed by atoms with E-state index in [0.717, 1.165) is 24.4 Å². The number of benzene rings is 2. The molecule has 1 aliphatic rings. The molecular formula is C18H16ClFN4O. The van der Waals surface area contributed by atoms with Crippen LogP contribution in [0.3, 0.4) is 0 Å². The number of halogens is 2. The Bertz CT molecular complexity index is 949. The van der Waals surface area contributed by atoms with Crippen LogP contribution in [0.2, 0.25) is 5.02 Å². The Kier molecular flexibility index (Phi) is 4.13. The summed E-state index contributed by atoms with van der Waals surface area (Å²) in [7, 11) is 0. The standard InChI is InChI=1S/C18H16ClFN4O/c19-14-10-12(20)6-7-15(14)21-18(25)11-5-8-17-16(9-11)22-23-24(17)13-3-1-2-4-13/h5-10,13H,1-4H2,(H,21,25). The number of hydrogen-bond acceptors (Lipinski definition) is 3. The van der Waals surface area contributed by atoms with Crippen molar-refractivity contribution < 1.29 is 9.18 Å². The molecule has 1 heterocycles. The predicted molar refractivity (Wildman–Crippen MR) is 94.4 cm³/mol. The van der Waals surface area contributed by atoms with Crippen LogP contribution in [0.25, 0.3) is 11.0 Å². The molecule has 0 aliphatic heterocycles. The lowest BCUT2D eigenvalue weighted by Gasteiger charge is -2.10. The highest BCUT2D eigenvalue weighted by atomic mass is 35.5. The Morgan fingerprint density at radius 3 is 2.76 bits per heavy atom. The van der Waals surface area contributed by atoms with Gasteiger partial charge in [-0.25, -0.2) is 9.07 Å². The molecule has 0 spiro atoms. The largest absolute Gasteiger partial charge is 0.321 e. The number of carbonyl (C=O) groups excluding carboxylic acids is 1. The van der Waals surface area contributed by atoms with Crippen molar-refractivity contribution in [3.8, 4) is 0 Å². The first-order valence-electron chi connectivity index (χ1n) is 8.23. The second kappa shape index (κ2) is 6.44. The molecule has 0 unspecified atom stereocenters. The van der Waals surface area contributed by atoms with Crippen molar-refractivity contribution >= 4 is 34.2 Å². The number of fused-ring (bicyclic) bond motifs is 1. The first-order valence-corrected chi connectivity index (χ1v) is 8.61. The van der Waals surface area contributed by atoms with Gasteiger partial charge in [-0.1, -0.05) is 29.7 Å². The number of hydrogen-bond donors (Lipinski definition) is 1. The van der Waals surface area contributed by atoms with Gasteiger partial charge in [0.1, 0.15) is 11.3 Å². The maximum Gasteiger partial charge on any atom is 0.255 e. The molecule has 0 saturated heterocycles. The minimum atomic E-state index is -0.451. The van der Waals surface area contributed by atoms with Gasteiger partial charge in [-0.3, -0.25) is 4.79 Å². The van der Waals surface area contributed by atoms with Crippen molar-refractivity contribution in [3.05, 3.63) is 52.8 Å². The van der Waals surface area contributed by atoms with E-state index < -0.39 is 5.82 Å². The van der Waals surface area contributed by atoms with Gasteiger partial charge in [-0.15, -0.1) is 5.10 Å². The first-order chi connectivity index (χ1) is 12.1. The van der Waals surface area contributed by atoms with Gasteiger partial charge in [-0.2, -0.15) is 0 Å². The van der Waals surface area contributed by atoms with Crippen LogP contribution in [0.1, 0.15) is 42.1 Å². The van der Waals surface area contributed by atoms with Crippen molar-refractivity contribution in [2.45, 2.75) is 31.7 Å². The molecule has 0 atom stereocenters. The Labute approximate surface area is 148 Å². The molecule has 0 radical (unpaired) electrons. The summed E-state index contributed by atoms with van der Waals surface area (Å²) in [5, 5.41) is 11.3. The highest BCUT2D eigenvalue weighted by molar-refractivity contribution is 6.33. The van der Waals surface area contributed by atoms with Crippen LogP contribution in [0.4, 0.5) is 10.1 Å². The molecule has 5 nitrogen and oxygen atoms in total. The van der Waals surface area contributed by atoms with Crippen LogP contribution in [0.15, 0.2) is 36.4 Å². The van der Waals surface area contributed by atoms with E-state index in [2.05, 4.69) is 15.6 Å². The van der Waals surface area contributed by atoms with Crippen molar-refractivity contribution in [3.63, 3.8) is 0 Å². The Hall–Kier alpha value is -2.47. The monoisotopic (exact) mass is 358 g/mol. The zero-order valence-corrected chi connectivity index (χ0v) is 14.1. The molecule has 128 valence electrons. The minimum absolute atomic E-state index is 0.154. The molecule has 1 saturated carbocycles. The lowest BCUT2D eigenvalue weighted by atomic mass is 10.1. The van der Waals surface area contributed by atoms with Gasteiger partial charge in [0, 0.05) is 5.56 Å². The predicted octanol–water partition coefficient (Wildman–Crippen LogP) is 4.59. The third kappa shape index (κ3) is 3.09. The summed E-state index contributed by atoms with van der Waals surface area (Å²) < 4.78 is 15.1. The first kappa shape index (κ1) is 16.0. The zero-order chi connectivity index (χ0) is 17.4. The highest BCUT2D eigenvalue weighted by Crippen LogP contribution is 2.31. The molecule has 1 fully saturated rings. The summed E-state index contributed by atoms with van der Waals surface area (Å²) in [6.07, 6.45) is 4.66. The van der Waals surface area contributed by atoms with E-state index in [1.165, 1.54) is 25.0 Å². The number of nitrogens with one attached hydrogen (secondary N) is 1. The van der Waals surface area contributed by atoms with Crippen molar-refractivity contribution in [2.24, 2.45) is 0 Å². The molecule has 1 N–H and O–H groups in total. The van der Waals surface area contributed by atoms with E-state index in [1.807, 2.05) is 10.7 Å². The van der Waals surface area contributed by atoms with Gasteiger partial charge in [0.15, 0.2) is 0 Å². The molecular weight excluding hydrogens is 343 g/mol. The van der Waals surface area contributed by atoms with E-state index in [4.69, 9.17) is 11.6 Å². The summed E-state index contributed by atoms with van der Waals surface area (Å²) in [4.78, 5) is 12.4. The summed E-state index contributed by atoms with van der Waals surface area (Å²) in [6.45, 7) is 0. The summed E-state index contributed by atoms with van der Waals surface area (Å²) >= 11 is 5.95. The molecule has 0 bridgehead atoms. The Morgan fingerprint density at radius 2 is 2.00 bits per heavy atom. The fraction of sp³-hybridized carbons (Fsp3) is 0.278. The molecule has 25 heavy (non-hydrogen) atoms. The second-order valence-electron chi connectivity index (χ2n) is 6.25. The summed E-state index contributed by atoms with van der Waals surface area (Å²) in [6, 6.07) is 9.55. The molecule has 1 aliphatic carbocycles. The van der Waals surface area contributed by atoms with Crippen LogP contribution in [0.5, 0.6) is 0 Å². The van der Waals surface area contributed by atoms with Crippen LogP contribution in [-0.2, 0) is 0 Å². The molecule has 1 amide bonds. The average Bonchev–Trinajstić information content (AvgIpc) is 3.25. The van der Waals surface area contributed by atoms with Crippen LogP contribution in [0, 0.1) is 5.82 Å². The number of nitrogens with zero attached hydrogens (tertiary/aromatic N) is 3. The van der Waals surface area contributed by atoms with Gasteiger partial charge in [0.2, 0.25) is 0 Å². The third-order valence-electron chi connectivity index (χ3n) is 4.58. The lowest BCUT2D eigenvalue weighted by molar-refractivity contribution is 0.102. The van der Waals surface area contributed by atoms with Crippen molar-refractivity contribution in [1.29, 1.82) is 0 Å². The number of anilines is 1. The SMILES string of the molecule is O=C(Nc1ccc(F)cc1Cl)c1ccc2c(c1)nnn2C1CCCC1. The summed E-state index contributed by atoms with van der Waals surface area (Å²) in [5.74, 6) is -0.779. The van der Waals surface area contributed by atoms with E-state index >= 15 is 0 Å². The third-order valence-corrected chi connectivity index (χ3v) is 4.90. The van der Waals surface area contributed by atoms with E-state index in [1.54, 1.807) is 12.1 Å². The van der Waals surface area contributed by atoms with Crippen molar-refractivity contribution in [2.75, 3.05) is 5.32 Å². The average molecular weight is 359 g/mol. The molecule has 7 heteroatoms. The normalized spacial score (nSPS) is 15.0. The Balaban J connectivity index is 1.59. The molecule has 4 rings (SSSR count). The number of amides is 1. The van der Waals surface area contributed by atoms with Crippen LogP contribution < -0.4 is 5.32 Å². The molecule has 2 aromatic carbocycles. The maximum atomic E-state index is 13.1. The van der Waals surface area contributed by atoms with Gasteiger partial charge in [0.25, 0.3) is 5.91 Å². The summed E-state index contributed by atoms with van der Waals surface area (Å²) in [5.41, 5.74) is 2.43. The topological polar surface area (TPSA) is 59.8 Å². The van der Waals surface area contributed by atoms with Gasteiger partial charge in [-0.05, 0) is 49.2 Å². The Morgan fingerprint density at radius 1 is 1.20 bits per heavy atom. The smallest absolute Gasteiger partial charge is 0.255 e. The van der Waals surface area contributed by atoms with Crippen LogP contribution in [-0.4, -0.2) is 20.9 Å². The second-order valence-corrected chi connectivity index (χ2v) is 6.66. The van der Waals surface area contributed by atoms with Crippen molar-refractivity contribution in [1.82, 2.24) is 15.0 Å². The minimum Gasteiger partial charge on any atom is -0.321 e. The van der Waals surface area contributed by atoms with Gasteiger partial charge >= 0.3 is 0 Å². The maximum absolute atomic E-state index is 13.1. The number of carbonyl (C=O) groups is 1. The van der Waals surface area contributed by atoms with E-state index in [0.29, 0.717) is 22.8 Å². The zero-order valence-electron chi connectivity index (χ0n) is 13.4. The fourth-order valence-corrected chi connectivity index (χ4v) is 3.50. The number of rotatable bonds is 3. The highest BCUT2D eigenvalue weighted by Gasteiger charge is 2.20. The quantitative estimate of drug-likeness (QED) is 0.744. The fourth-order valence-electron chi connectivity index (χ4n) is 3.29.